The zero-order valence-corrected chi connectivity index (χ0v) is 9.02. The average Bonchev–Trinajstić information content (AvgIpc) is 2.18. The fourth-order valence-electron chi connectivity index (χ4n) is 0.819. The maximum absolute atomic E-state index is 11.3. The van der Waals surface area contributed by atoms with Crippen molar-refractivity contribution in [1.82, 2.24) is 0 Å². The molecule has 1 atom stereocenters. The van der Waals surface area contributed by atoms with Crippen LogP contribution in [-0.4, -0.2) is 31.5 Å². The van der Waals surface area contributed by atoms with Crippen LogP contribution in [0.3, 0.4) is 0 Å². The molecule has 0 saturated heterocycles. The summed E-state index contributed by atoms with van der Waals surface area (Å²) < 4.78 is 26.9. The Balaban J connectivity index is 0. The molecule has 0 bridgehead atoms. The minimum Gasteiger partial charge on any atom is -1.00 e. The van der Waals surface area contributed by atoms with E-state index in [-0.39, 0.29) is 25.2 Å². The zero-order chi connectivity index (χ0) is 10.6. The Labute approximate surface area is 101 Å². The molecule has 0 aliphatic heterocycles. The molecular formula is C8H11LiO5S. The molecule has 2 N–H and O–H groups in total. The fourth-order valence-corrected chi connectivity index (χ4v) is 1.77. The monoisotopic (exact) mass is 226 g/mol. The third kappa shape index (κ3) is 4.34. The second-order valence-electron chi connectivity index (χ2n) is 2.50. The Morgan fingerprint density at radius 2 is 1.87 bits per heavy atom. The van der Waals surface area contributed by atoms with Crippen molar-refractivity contribution in [3.8, 4) is 0 Å². The van der Waals surface area contributed by atoms with Gasteiger partial charge in [-0.1, -0.05) is 18.2 Å². The first-order valence-electron chi connectivity index (χ1n) is 3.83. The second-order valence-corrected chi connectivity index (χ2v) is 4.07. The van der Waals surface area contributed by atoms with Gasteiger partial charge in [0.25, 0.3) is 10.1 Å². The summed E-state index contributed by atoms with van der Waals surface area (Å²) in [6.07, 6.45) is -1.72. The Morgan fingerprint density at radius 3 is 2.33 bits per heavy atom. The molecule has 0 saturated carbocycles. The molecule has 0 fully saturated rings. The van der Waals surface area contributed by atoms with Crippen LogP contribution in [0.15, 0.2) is 35.2 Å². The minimum atomic E-state index is -3.98. The van der Waals surface area contributed by atoms with Crippen LogP contribution in [-0.2, 0) is 14.3 Å². The predicted molar refractivity (Wildman–Crippen MR) is 48.9 cm³/mol. The van der Waals surface area contributed by atoms with E-state index in [1.807, 2.05) is 0 Å². The third-order valence-corrected chi connectivity index (χ3v) is 2.75. The van der Waals surface area contributed by atoms with Crippen molar-refractivity contribution in [2.45, 2.75) is 11.2 Å². The first-order valence-corrected chi connectivity index (χ1v) is 5.24. The molecule has 0 amide bonds. The third-order valence-electron chi connectivity index (χ3n) is 1.43. The van der Waals surface area contributed by atoms with Gasteiger partial charge in [-0.25, -0.2) is 4.18 Å². The molecule has 0 aliphatic carbocycles. The van der Waals surface area contributed by atoms with Crippen LogP contribution < -0.4 is 18.9 Å². The van der Waals surface area contributed by atoms with Gasteiger partial charge in [-0.2, -0.15) is 8.42 Å². The van der Waals surface area contributed by atoms with E-state index in [4.69, 9.17) is 10.2 Å². The topological polar surface area (TPSA) is 83.8 Å². The van der Waals surface area contributed by atoms with Crippen molar-refractivity contribution in [2.75, 3.05) is 6.61 Å². The summed E-state index contributed by atoms with van der Waals surface area (Å²) in [6, 6.07) is 7.38. The van der Waals surface area contributed by atoms with Gasteiger partial charge in [0, 0.05) is 0 Å². The van der Waals surface area contributed by atoms with E-state index in [0.717, 1.165) is 0 Å². The predicted octanol–water partition coefficient (Wildman–Crippen LogP) is -3.18. The molecule has 1 aromatic carbocycles. The van der Waals surface area contributed by atoms with Crippen LogP contribution in [0.5, 0.6) is 0 Å². The quantitative estimate of drug-likeness (QED) is 0.321. The van der Waals surface area contributed by atoms with Gasteiger partial charge in [-0.3, -0.25) is 0 Å². The van der Waals surface area contributed by atoms with Gasteiger partial charge < -0.3 is 11.6 Å². The van der Waals surface area contributed by atoms with Crippen molar-refractivity contribution in [1.29, 1.82) is 0 Å². The van der Waals surface area contributed by atoms with Crippen LogP contribution in [0.2, 0.25) is 0 Å². The maximum atomic E-state index is 11.3. The largest absolute Gasteiger partial charge is 1.00 e. The Hall–Kier alpha value is -0.353. The molecule has 80 valence electrons. The van der Waals surface area contributed by atoms with Crippen molar-refractivity contribution >= 4 is 10.1 Å². The molecule has 7 heteroatoms. The second kappa shape index (κ2) is 6.28. The van der Waals surface area contributed by atoms with Gasteiger partial charge >= 0.3 is 18.9 Å². The van der Waals surface area contributed by atoms with Crippen molar-refractivity contribution < 1.29 is 43.1 Å². The van der Waals surface area contributed by atoms with E-state index < -0.39 is 23.0 Å². The van der Waals surface area contributed by atoms with Crippen LogP contribution in [0.4, 0.5) is 0 Å². The van der Waals surface area contributed by atoms with Gasteiger partial charge in [0.2, 0.25) is 0 Å². The van der Waals surface area contributed by atoms with Crippen LogP contribution in [0, 0.1) is 0 Å². The summed E-state index contributed by atoms with van der Waals surface area (Å²) >= 11 is 0. The van der Waals surface area contributed by atoms with Crippen LogP contribution in [0.25, 0.3) is 0 Å². The van der Waals surface area contributed by atoms with Crippen LogP contribution in [0.1, 0.15) is 1.43 Å². The first kappa shape index (κ1) is 14.6. The van der Waals surface area contributed by atoms with Crippen molar-refractivity contribution in [3.63, 3.8) is 0 Å². The normalized spacial score (nSPS) is 12.9. The Bertz CT molecular complexity index is 383. The summed E-state index contributed by atoms with van der Waals surface area (Å²) in [6.45, 7) is -0.772. The molecule has 0 spiro atoms. The summed E-state index contributed by atoms with van der Waals surface area (Å²) in [5, 5.41) is 17.2. The summed E-state index contributed by atoms with van der Waals surface area (Å²) in [5.41, 5.74) is 0. The van der Waals surface area contributed by atoms with Gasteiger partial charge in [0.15, 0.2) is 6.29 Å². The summed E-state index contributed by atoms with van der Waals surface area (Å²) in [7, 11) is -3.98. The Morgan fingerprint density at radius 1 is 1.33 bits per heavy atom. The Kier molecular flexibility index (Phi) is 6.13. The molecule has 15 heavy (non-hydrogen) atoms. The van der Waals surface area contributed by atoms with Gasteiger partial charge in [-0.15, -0.1) is 0 Å². The van der Waals surface area contributed by atoms with E-state index in [1.54, 1.807) is 6.07 Å². The number of hydrogen-bond acceptors (Lipinski definition) is 5. The van der Waals surface area contributed by atoms with Gasteiger partial charge in [0.05, 0.1) is 11.5 Å². The zero-order valence-electron chi connectivity index (χ0n) is 9.20. The first-order chi connectivity index (χ1) is 6.56. The van der Waals surface area contributed by atoms with E-state index in [9.17, 15) is 8.42 Å². The van der Waals surface area contributed by atoms with Crippen molar-refractivity contribution in [3.05, 3.63) is 30.3 Å². The van der Waals surface area contributed by atoms with E-state index in [1.165, 1.54) is 24.3 Å². The van der Waals surface area contributed by atoms with Crippen molar-refractivity contribution in [2.24, 2.45) is 0 Å². The summed E-state index contributed by atoms with van der Waals surface area (Å²) in [4.78, 5) is -0.0625. The van der Waals surface area contributed by atoms with E-state index >= 15 is 0 Å². The fraction of sp³-hybridized carbons (Fsp3) is 0.250. The molecule has 0 aromatic heterocycles. The van der Waals surface area contributed by atoms with E-state index in [0.29, 0.717) is 0 Å². The summed E-state index contributed by atoms with van der Waals surface area (Å²) in [5.74, 6) is 0. The number of hydrogen-bond donors (Lipinski definition) is 2. The number of benzene rings is 1. The SMILES string of the molecule is O=S(=O)(OC(O)CO)c1ccccc1.[H-].[Li+]. The minimum absolute atomic E-state index is 0. The molecule has 0 radical (unpaired) electrons. The van der Waals surface area contributed by atoms with Crippen LogP contribution >= 0.6 is 0 Å². The maximum Gasteiger partial charge on any atom is 1.00 e. The molecule has 1 aromatic rings. The molecule has 1 unspecified atom stereocenters. The average molecular weight is 226 g/mol. The molecular weight excluding hydrogens is 215 g/mol. The standard InChI is InChI=1S/C8H10O5S.Li.H/c9-6-8(10)13-14(11,12)7-4-2-1-3-5-7;;/h1-5,8-10H,6H2;;/q;+1;-1. The number of aliphatic hydroxyl groups is 2. The molecule has 1 rings (SSSR count). The van der Waals surface area contributed by atoms with E-state index in [2.05, 4.69) is 4.18 Å². The smallest absolute Gasteiger partial charge is 1.00 e. The number of rotatable bonds is 4. The molecule has 0 heterocycles. The van der Waals surface area contributed by atoms with Gasteiger partial charge in [0.1, 0.15) is 0 Å². The van der Waals surface area contributed by atoms with Gasteiger partial charge in [-0.05, 0) is 12.1 Å². The molecule has 0 aliphatic rings. The molecule has 5 nitrogen and oxygen atoms in total. The number of aliphatic hydroxyl groups excluding tert-OH is 2.